The first kappa shape index (κ1) is 14.6. The van der Waals surface area contributed by atoms with Gasteiger partial charge in [0, 0.05) is 18.5 Å². The molecule has 1 atom stereocenters. The Morgan fingerprint density at radius 1 is 1.23 bits per heavy atom. The number of rotatable bonds is 2. The van der Waals surface area contributed by atoms with Crippen LogP contribution in [0.5, 0.6) is 0 Å². The first-order valence-electron chi connectivity index (χ1n) is 6.49. The van der Waals surface area contributed by atoms with Crippen molar-refractivity contribution in [3.05, 3.63) is 29.3 Å². The van der Waals surface area contributed by atoms with Crippen molar-refractivity contribution in [3.8, 4) is 0 Å². The molecule has 2 aliphatic rings. The maximum Gasteiger partial charge on any atom is 0.332 e. The summed E-state index contributed by atoms with van der Waals surface area (Å²) >= 11 is 0. The van der Waals surface area contributed by atoms with Gasteiger partial charge in [-0.3, -0.25) is 19.7 Å². The van der Waals surface area contributed by atoms with Gasteiger partial charge < -0.3 is 4.90 Å². The molecule has 22 heavy (non-hydrogen) atoms. The number of amides is 3. The summed E-state index contributed by atoms with van der Waals surface area (Å²) in [5.74, 6) is -1.50. The number of halogens is 1. The van der Waals surface area contributed by atoms with E-state index in [1.807, 2.05) is 0 Å². The average molecular weight is 326 g/mol. The third-order valence-corrected chi connectivity index (χ3v) is 4.60. The van der Waals surface area contributed by atoms with Gasteiger partial charge in [-0.2, -0.15) is 8.42 Å². The maximum absolute atomic E-state index is 13.0. The minimum absolute atomic E-state index is 0.0587. The fourth-order valence-electron chi connectivity index (χ4n) is 2.69. The second kappa shape index (κ2) is 4.87. The summed E-state index contributed by atoms with van der Waals surface area (Å²) in [4.78, 5) is 36.0. The summed E-state index contributed by atoms with van der Waals surface area (Å²) < 4.78 is 34.9. The first-order chi connectivity index (χ1) is 10.3. The molecule has 0 radical (unpaired) electrons. The van der Waals surface area contributed by atoms with Gasteiger partial charge in [-0.05, 0) is 24.1 Å². The molecule has 2 heterocycles. The maximum atomic E-state index is 13.0. The van der Waals surface area contributed by atoms with Gasteiger partial charge in [0.05, 0.1) is 4.90 Å². The van der Waals surface area contributed by atoms with Crippen LogP contribution < -0.4 is 5.32 Å². The highest BCUT2D eigenvalue weighted by atomic mass is 32.3. The highest BCUT2D eigenvalue weighted by Crippen LogP contribution is 2.29. The highest BCUT2D eigenvalue weighted by molar-refractivity contribution is 7.86. The molecule has 0 spiro atoms. The van der Waals surface area contributed by atoms with Crippen LogP contribution in [0.1, 0.15) is 28.8 Å². The van der Waals surface area contributed by atoms with E-state index in [9.17, 15) is 26.7 Å². The first-order valence-corrected chi connectivity index (χ1v) is 7.88. The van der Waals surface area contributed by atoms with Crippen molar-refractivity contribution in [3.63, 3.8) is 0 Å². The molecule has 1 aromatic carbocycles. The van der Waals surface area contributed by atoms with Crippen LogP contribution in [0.15, 0.2) is 23.1 Å². The number of hydrogen-bond acceptors (Lipinski definition) is 5. The number of benzene rings is 1. The zero-order valence-electron chi connectivity index (χ0n) is 11.2. The van der Waals surface area contributed by atoms with E-state index in [0.29, 0.717) is 5.56 Å². The third kappa shape index (κ3) is 2.37. The molecule has 1 N–H and O–H groups in total. The van der Waals surface area contributed by atoms with E-state index in [1.165, 1.54) is 11.0 Å². The van der Waals surface area contributed by atoms with E-state index in [2.05, 4.69) is 5.32 Å². The fraction of sp³-hybridized carbons (Fsp3) is 0.308. The Balaban J connectivity index is 1.92. The minimum Gasteiger partial charge on any atom is -0.322 e. The molecule has 9 heteroatoms. The molecule has 1 fully saturated rings. The summed E-state index contributed by atoms with van der Waals surface area (Å²) in [7, 11) is -4.90. The average Bonchev–Trinajstić information content (AvgIpc) is 2.75. The number of fused-ring (bicyclic) bond motifs is 1. The van der Waals surface area contributed by atoms with Crippen molar-refractivity contribution >= 4 is 27.9 Å². The van der Waals surface area contributed by atoms with Crippen molar-refractivity contribution in [2.24, 2.45) is 0 Å². The third-order valence-electron chi connectivity index (χ3n) is 3.78. The number of piperidine rings is 1. The Morgan fingerprint density at radius 2 is 1.95 bits per heavy atom. The highest BCUT2D eigenvalue weighted by Gasteiger charge is 2.39. The number of hydrogen-bond donors (Lipinski definition) is 1. The molecule has 3 amide bonds. The van der Waals surface area contributed by atoms with Gasteiger partial charge in [-0.15, -0.1) is 3.89 Å². The van der Waals surface area contributed by atoms with Crippen molar-refractivity contribution < 1.29 is 26.7 Å². The molecule has 2 aliphatic heterocycles. The minimum atomic E-state index is -4.90. The molecule has 1 saturated heterocycles. The Bertz CT molecular complexity index is 805. The summed E-state index contributed by atoms with van der Waals surface area (Å²) in [6, 6.07) is 2.61. The topological polar surface area (TPSA) is 101 Å². The lowest BCUT2D eigenvalue weighted by Crippen LogP contribution is -2.52. The lowest BCUT2D eigenvalue weighted by Gasteiger charge is -2.29. The summed E-state index contributed by atoms with van der Waals surface area (Å²) in [5, 5.41) is 2.16. The normalized spacial score (nSPS) is 21.8. The predicted octanol–water partition coefficient (Wildman–Crippen LogP) is 0.106. The van der Waals surface area contributed by atoms with Gasteiger partial charge in [-0.1, -0.05) is 6.07 Å². The summed E-state index contributed by atoms with van der Waals surface area (Å²) in [6.07, 6.45) is 0.333. The zero-order valence-corrected chi connectivity index (χ0v) is 12.0. The molecule has 0 bridgehead atoms. The van der Waals surface area contributed by atoms with Gasteiger partial charge in [-0.25, -0.2) is 0 Å². The van der Waals surface area contributed by atoms with E-state index in [-0.39, 0.29) is 24.9 Å². The molecule has 0 saturated carbocycles. The van der Waals surface area contributed by atoms with E-state index in [0.717, 1.165) is 12.1 Å². The molecule has 1 aromatic rings. The van der Waals surface area contributed by atoms with Crippen molar-refractivity contribution in [1.82, 2.24) is 10.2 Å². The number of imide groups is 1. The van der Waals surface area contributed by atoms with E-state index in [4.69, 9.17) is 0 Å². The lowest BCUT2D eigenvalue weighted by atomic mass is 10.0. The molecular formula is C13H11FN2O5S. The van der Waals surface area contributed by atoms with Gasteiger partial charge in [0.2, 0.25) is 11.8 Å². The Hall–Kier alpha value is -2.29. The Labute approximate surface area is 125 Å². The second-order valence-electron chi connectivity index (χ2n) is 5.16. The van der Waals surface area contributed by atoms with Gasteiger partial charge in [0.1, 0.15) is 6.04 Å². The van der Waals surface area contributed by atoms with Crippen LogP contribution >= 0.6 is 0 Å². The summed E-state index contributed by atoms with van der Waals surface area (Å²) in [6.45, 7) is 0.118. The van der Waals surface area contributed by atoms with Gasteiger partial charge in [0.15, 0.2) is 0 Å². The monoisotopic (exact) mass is 326 g/mol. The van der Waals surface area contributed by atoms with Crippen LogP contribution in [0, 0.1) is 0 Å². The molecule has 7 nitrogen and oxygen atoms in total. The second-order valence-corrected chi connectivity index (χ2v) is 6.50. The number of nitrogens with zero attached hydrogens (tertiary/aromatic N) is 1. The SMILES string of the molecule is O=C1CCC(N2Cc3ccc(S(=O)(=O)F)cc3C2=O)C(=O)N1. The van der Waals surface area contributed by atoms with Crippen LogP contribution in [-0.2, 0) is 26.4 Å². The zero-order chi connectivity index (χ0) is 16.1. The van der Waals surface area contributed by atoms with E-state index in [1.54, 1.807) is 0 Å². The van der Waals surface area contributed by atoms with Crippen LogP contribution in [0.2, 0.25) is 0 Å². The van der Waals surface area contributed by atoms with Crippen LogP contribution in [-0.4, -0.2) is 37.1 Å². The number of nitrogens with one attached hydrogen (secondary N) is 1. The largest absolute Gasteiger partial charge is 0.332 e. The van der Waals surface area contributed by atoms with Crippen LogP contribution in [0.4, 0.5) is 3.89 Å². The number of carbonyl (C=O) groups excluding carboxylic acids is 3. The molecule has 0 aliphatic carbocycles. The molecule has 116 valence electrons. The van der Waals surface area contributed by atoms with Crippen molar-refractivity contribution in [2.45, 2.75) is 30.3 Å². The molecule has 3 rings (SSSR count). The molecule has 0 aromatic heterocycles. The van der Waals surface area contributed by atoms with Crippen LogP contribution in [0.25, 0.3) is 0 Å². The predicted molar refractivity (Wildman–Crippen MR) is 70.8 cm³/mol. The van der Waals surface area contributed by atoms with Gasteiger partial charge in [0.25, 0.3) is 5.91 Å². The van der Waals surface area contributed by atoms with Crippen molar-refractivity contribution in [2.75, 3.05) is 0 Å². The lowest BCUT2D eigenvalue weighted by molar-refractivity contribution is -0.136. The molecular weight excluding hydrogens is 315 g/mol. The molecule has 1 unspecified atom stereocenters. The Kier molecular flexibility index (Phi) is 3.24. The standard InChI is InChI=1S/C13H11FN2O5S/c14-22(20,21)8-2-1-7-6-16(13(19)9(7)5-8)10-3-4-11(17)15-12(10)18/h1-2,5,10H,3-4,6H2,(H,15,17,18). The van der Waals surface area contributed by atoms with E-state index >= 15 is 0 Å². The van der Waals surface area contributed by atoms with Gasteiger partial charge >= 0.3 is 10.2 Å². The quantitative estimate of drug-likeness (QED) is 0.614. The number of carbonyl (C=O) groups is 3. The fourth-order valence-corrected chi connectivity index (χ4v) is 3.17. The summed E-state index contributed by atoms with van der Waals surface area (Å²) in [5.41, 5.74) is 0.575. The van der Waals surface area contributed by atoms with E-state index < -0.39 is 38.9 Å². The van der Waals surface area contributed by atoms with Crippen molar-refractivity contribution in [1.29, 1.82) is 0 Å². The smallest absolute Gasteiger partial charge is 0.322 e. The van der Waals surface area contributed by atoms with Crippen LogP contribution in [0.3, 0.4) is 0 Å². The Morgan fingerprint density at radius 3 is 2.59 bits per heavy atom.